The summed E-state index contributed by atoms with van der Waals surface area (Å²) in [6.45, 7) is 1.61. The number of anilines is 2. The maximum atomic E-state index is 15.4. The van der Waals surface area contributed by atoms with Crippen LogP contribution in [0.1, 0.15) is 24.1 Å². The summed E-state index contributed by atoms with van der Waals surface area (Å²) in [5.74, 6) is -0.443. The van der Waals surface area contributed by atoms with Gasteiger partial charge in [0.15, 0.2) is 5.13 Å². The Morgan fingerprint density at radius 1 is 1.08 bits per heavy atom. The summed E-state index contributed by atoms with van der Waals surface area (Å²) in [6.07, 6.45) is 1.46. The highest BCUT2D eigenvalue weighted by atomic mass is 35.5. The number of benzene rings is 3. The van der Waals surface area contributed by atoms with Crippen molar-refractivity contribution in [3.05, 3.63) is 94.0 Å². The van der Waals surface area contributed by atoms with Crippen LogP contribution >= 0.6 is 22.9 Å². The van der Waals surface area contributed by atoms with Crippen molar-refractivity contribution in [2.24, 2.45) is 0 Å². The molecule has 1 unspecified atom stereocenters. The second kappa shape index (κ2) is 11.5. The molecular weight excluding hydrogens is 556 g/mol. The van der Waals surface area contributed by atoms with E-state index in [-0.39, 0.29) is 34.2 Å². The van der Waals surface area contributed by atoms with Crippen LogP contribution in [0.15, 0.2) is 71.1 Å². The molecule has 0 aliphatic rings. The molecule has 0 aliphatic heterocycles. The molecular formula is C26H24ClF2N3O4S2. The number of aromatic nitrogens is 1. The molecule has 1 heterocycles. The molecule has 0 bridgehead atoms. The molecule has 0 fully saturated rings. The molecule has 1 aromatic heterocycles. The summed E-state index contributed by atoms with van der Waals surface area (Å²) >= 11 is 7.50. The number of sulfonamides is 1. The predicted octanol–water partition coefficient (Wildman–Crippen LogP) is 6.66. The number of ether oxygens (including phenoxy) is 2. The third-order valence-electron chi connectivity index (χ3n) is 5.77. The molecule has 0 amide bonds. The molecule has 4 rings (SSSR count). The molecule has 0 radical (unpaired) electrons. The average Bonchev–Trinajstić information content (AvgIpc) is 3.43. The van der Waals surface area contributed by atoms with Gasteiger partial charge in [-0.25, -0.2) is 26.5 Å². The fourth-order valence-electron chi connectivity index (χ4n) is 3.76. The Balaban J connectivity index is 1.69. The Labute approximate surface area is 228 Å². The van der Waals surface area contributed by atoms with Gasteiger partial charge in [-0.1, -0.05) is 23.7 Å². The van der Waals surface area contributed by atoms with Crippen molar-refractivity contribution in [1.29, 1.82) is 0 Å². The molecule has 0 spiro atoms. The molecule has 0 aliphatic carbocycles. The van der Waals surface area contributed by atoms with Gasteiger partial charge in [-0.05, 0) is 48.9 Å². The van der Waals surface area contributed by atoms with E-state index in [4.69, 9.17) is 21.1 Å². The summed E-state index contributed by atoms with van der Waals surface area (Å²) < 4.78 is 67.9. The molecule has 0 saturated carbocycles. The summed E-state index contributed by atoms with van der Waals surface area (Å²) in [6, 6.07) is 12.5. The van der Waals surface area contributed by atoms with E-state index in [0.717, 1.165) is 33.3 Å². The first-order chi connectivity index (χ1) is 18.1. The standard InChI is InChI=1S/C26H24ClF2N3O4S2/c1-16(17-4-7-19(28)8-5-17)31-23-14-22(29)25(13-21(23)27)38(33,34)32(26-30-10-11-37-26)15-18-6-9-20(35-2)12-24(18)36-3/h4-14,16,31H,15H2,1-3H3. The van der Waals surface area contributed by atoms with Crippen LogP contribution in [-0.2, 0) is 16.6 Å². The highest BCUT2D eigenvalue weighted by Gasteiger charge is 2.32. The zero-order valence-corrected chi connectivity index (χ0v) is 23.0. The Bertz CT molecular complexity index is 1520. The van der Waals surface area contributed by atoms with Crippen molar-refractivity contribution in [2.75, 3.05) is 23.8 Å². The van der Waals surface area contributed by atoms with E-state index in [0.29, 0.717) is 17.1 Å². The molecule has 0 saturated heterocycles. The maximum absolute atomic E-state index is 15.4. The number of halogens is 3. The van der Waals surface area contributed by atoms with E-state index in [1.807, 2.05) is 0 Å². The minimum atomic E-state index is -4.45. The Hall–Kier alpha value is -3.41. The first-order valence-electron chi connectivity index (χ1n) is 11.3. The van der Waals surface area contributed by atoms with Gasteiger partial charge in [0, 0.05) is 29.2 Å². The summed E-state index contributed by atoms with van der Waals surface area (Å²) in [5, 5.41) is 4.81. The van der Waals surface area contributed by atoms with Crippen LogP contribution in [0.2, 0.25) is 5.02 Å². The lowest BCUT2D eigenvalue weighted by Gasteiger charge is -2.24. The largest absolute Gasteiger partial charge is 0.497 e. The average molecular weight is 580 g/mol. The van der Waals surface area contributed by atoms with Gasteiger partial charge in [0.2, 0.25) is 0 Å². The maximum Gasteiger partial charge on any atom is 0.269 e. The van der Waals surface area contributed by atoms with E-state index >= 15 is 4.39 Å². The zero-order chi connectivity index (χ0) is 27.4. The van der Waals surface area contributed by atoms with E-state index in [9.17, 15) is 12.8 Å². The van der Waals surface area contributed by atoms with Gasteiger partial charge in [0.25, 0.3) is 10.0 Å². The molecule has 4 aromatic rings. The normalized spacial score (nSPS) is 12.2. The third-order valence-corrected chi connectivity index (χ3v) is 8.75. The van der Waals surface area contributed by atoms with E-state index < -0.39 is 20.7 Å². The van der Waals surface area contributed by atoms with Gasteiger partial charge in [0.05, 0.1) is 31.5 Å². The molecule has 1 atom stereocenters. The SMILES string of the molecule is COc1ccc(CN(c2nccs2)S(=O)(=O)c2cc(Cl)c(NC(C)c3ccc(F)cc3)cc2F)c(OC)c1. The zero-order valence-electron chi connectivity index (χ0n) is 20.6. The quantitative estimate of drug-likeness (QED) is 0.226. The van der Waals surface area contributed by atoms with E-state index in [1.165, 1.54) is 32.5 Å². The Morgan fingerprint density at radius 2 is 1.82 bits per heavy atom. The van der Waals surface area contributed by atoms with Crippen LogP contribution < -0.4 is 19.1 Å². The minimum Gasteiger partial charge on any atom is -0.497 e. The number of rotatable bonds is 10. The Kier molecular flexibility index (Phi) is 8.39. The minimum absolute atomic E-state index is 0.0000495. The van der Waals surface area contributed by atoms with Gasteiger partial charge in [0.1, 0.15) is 28.0 Å². The first-order valence-corrected chi connectivity index (χ1v) is 14.0. The lowest BCUT2D eigenvalue weighted by Crippen LogP contribution is -2.31. The monoisotopic (exact) mass is 579 g/mol. The van der Waals surface area contributed by atoms with E-state index in [2.05, 4.69) is 10.3 Å². The van der Waals surface area contributed by atoms with Gasteiger partial charge in [-0.15, -0.1) is 11.3 Å². The van der Waals surface area contributed by atoms with Crippen LogP contribution in [0.3, 0.4) is 0 Å². The summed E-state index contributed by atoms with van der Waals surface area (Å²) in [4.78, 5) is 3.54. The molecule has 38 heavy (non-hydrogen) atoms. The second-order valence-corrected chi connectivity index (χ2v) is 11.3. The fraction of sp³-hybridized carbons (Fsp3) is 0.192. The van der Waals surface area contributed by atoms with Crippen molar-refractivity contribution in [3.8, 4) is 11.5 Å². The van der Waals surface area contributed by atoms with Crippen molar-refractivity contribution >= 4 is 43.8 Å². The first kappa shape index (κ1) is 27.6. The number of nitrogens with one attached hydrogen (secondary N) is 1. The molecule has 200 valence electrons. The van der Waals surface area contributed by atoms with Crippen molar-refractivity contribution in [1.82, 2.24) is 4.98 Å². The van der Waals surface area contributed by atoms with Gasteiger partial charge < -0.3 is 14.8 Å². The van der Waals surface area contributed by atoms with Crippen LogP contribution in [0.25, 0.3) is 0 Å². The molecule has 1 N–H and O–H groups in total. The molecule has 7 nitrogen and oxygen atoms in total. The summed E-state index contributed by atoms with van der Waals surface area (Å²) in [5.41, 5.74) is 1.45. The van der Waals surface area contributed by atoms with Crippen molar-refractivity contribution < 1.29 is 26.7 Å². The van der Waals surface area contributed by atoms with Crippen LogP contribution in [0.4, 0.5) is 19.6 Å². The fourth-order valence-corrected chi connectivity index (χ4v) is 6.38. The van der Waals surface area contributed by atoms with Gasteiger partial charge in [-0.3, -0.25) is 0 Å². The topological polar surface area (TPSA) is 80.8 Å². The predicted molar refractivity (Wildman–Crippen MR) is 145 cm³/mol. The number of hydrogen-bond acceptors (Lipinski definition) is 7. The van der Waals surface area contributed by atoms with Gasteiger partial charge in [-0.2, -0.15) is 0 Å². The number of hydrogen-bond donors (Lipinski definition) is 1. The van der Waals surface area contributed by atoms with Crippen LogP contribution in [-0.4, -0.2) is 27.6 Å². The van der Waals surface area contributed by atoms with Crippen molar-refractivity contribution in [3.63, 3.8) is 0 Å². The molecule has 3 aromatic carbocycles. The Morgan fingerprint density at radius 3 is 2.45 bits per heavy atom. The van der Waals surface area contributed by atoms with Crippen molar-refractivity contribution in [2.45, 2.75) is 24.4 Å². The van der Waals surface area contributed by atoms with Crippen LogP contribution in [0, 0.1) is 11.6 Å². The third kappa shape index (κ3) is 5.85. The highest BCUT2D eigenvalue weighted by molar-refractivity contribution is 7.93. The smallest absolute Gasteiger partial charge is 0.269 e. The number of thiazole rings is 1. The van der Waals surface area contributed by atoms with E-state index in [1.54, 1.807) is 42.6 Å². The van der Waals surface area contributed by atoms with Gasteiger partial charge >= 0.3 is 0 Å². The number of nitrogens with zero attached hydrogens (tertiary/aromatic N) is 2. The summed E-state index contributed by atoms with van der Waals surface area (Å²) in [7, 11) is -1.49. The molecule has 12 heteroatoms. The van der Waals surface area contributed by atoms with Crippen LogP contribution in [0.5, 0.6) is 11.5 Å². The highest BCUT2D eigenvalue weighted by Crippen LogP contribution is 2.36. The lowest BCUT2D eigenvalue weighted by atomic mass is 10.1. The lowest BCUT2D eigenvalue weighted by molar-refractivity contribution is 0.391. The number of methoxy groups -OCH3 is 2. The second-order valence-electron chi connectivity index (χ2n) is 8.18.